The van der Waals surface area contributed by atoms with Gasteiger partial charge >= 0.3 is 0 Å². The van der Waals surface area contributed by atoms with Crippen LogP contribution in [0.3, 0.4) is 0 Å². The molecular weight excluding hydrogens is 411 g/mol. The highest BCUT2D eigenvalue weighted by atomic mass is 35.5. The second kappa shape index (κ2) is 8.14. The molecule has 0 aliphatic heterocycles. The van der Waals surface area contributed by atoms with Gasteiger partial charge in [-0.1, -0.05) is 23.8 Å². The van der Waals surface area contributed by atoms with Crippen molar-refractivity contribution >= 4 is 43.8 Å². The number of hydrogen-bond acceptors (Lipinski definition) is 6. The molecule has 2 aromatic rings. The lowest BCUT2D eigenvalue weighted by Gasteiger charge is -2.35. The van der Waals surface area contributed by atoms with Crippen molar-refractivity contribution in [3.63, 3.8) is 0 Å². The van der Waals surface area contributed by atoms with Crippen LogP contribution in [0.2, 0.25) is 5.02 Å². The predicted octanol–water partition coefficient (Wildman–Crippen LogP) is 3.80. The third-order valence-electron chi connectivity index (χ3n) is 4.37. The Morgan fingerprint density at radius 3 is 2.70 bits per heavy atom. The highest BCUT2D eigenvalue weighted by Crippen LogP contribution is 2.31. The summed E-state index contributed by atoms with van der Waals surface area (Å²) in [6.07, 6.45) is 7.28. The lowest BCUT2D eigenvalue weighted by atomic mass is 9.95. The molecule has 0 spiro atoms. The van der Waals surface area contributed by atoms with E-state index >= 15 is 0 Å². The maximum Gasteiger partial charge on any atom is 0.266 e. The van der Waals surface area contributed by atoms with Gasteiger partial charge in [0, 0.05) is 23.7 Å². The molecular formula is C17H20ClFN4O2S2. The summed E-state index contributed by atoms with van der Waals surface area (Å²) in [5.74, 6) is -0.876. The second-order valence-electron chi connectivity index (χ2n) is 6.43. The summed E-state index contributed by atoms with van der Waals surface area (Å²) in [5.41, 5.74) is 0.370. The number of anilines is 2. The molecule has 2 atom stereocenters. The standard InChI is InChI=1S/C17H20ClFN4O2S2/c1-23(2)15-6-4-3-5-13(15)21-14-10-12(19)16(9-11(14)18)27(24,25)22-17-20-7-8-26-17/h3-4,7-10,13,15,21H,5-6H2,1-2H3,(H,20,22)/t13?,15-/m0/s1. The zero-order valence-electron chi connectivity index (χ0n) is 14.8. The first-order valence-electron chi connectivity index (χ1n) is 8.27. The molecule has 1 aromatic carbocycles. The van der Waals surface area contributed by atoms with E-state index in [9.17, 15) is 12.8 Å². The van der Waals surface area contributed by atoms with Crippen LogP contribution in [0.1, 0.15) is 12.8 Å². The zero-order chi connectivity index (χ0) is 19.6. The van der Waals surface area contributed by atoms with Crippen LogP contribution in [0.4, 0.5) is 15.2 Å². The number of thiazole rings is 1. The van der Waals surface area contributed by atoms with Crippen molar-refractivity contribution in [1.82, 2.24) is 9.88 Å². The highest BCUT2D eigenvalue weighted by molar-refractivity contribution is 7.93. The summed E-state index contributed by atoms with van der Waals surface area (Å²) in [7, 11) is -0.146. The van der Waals surface area contributed by atoms with E-state index < -0.39 is 20.7 Å². The molecule has 1 heterocycles. The summed E-state index contributed by atoms with van der Waals surface area (Å²) < 4.78 is 41.7. The molecule has 1 aromatic heterocycles. The van der Waals surface area contributed by atoms with Gasteiger partial charge in [-0.15, -0.1) is 11.3 Å². The number of rotatable bonds is 6. The van der Waals surface area contributed by atoms with Crippen LogP contribution in [-0.4, -0.2) is 44.5 Å². The maximum atomic E-state index is 14.6. The van der Waals surface area contributed by atoms with E-state index in [0.717, 1.165) is 36.3 Å². The van der Waals surface area contributed by atoms with Crippen molar-refractivity contribution in [2.24, 2.45) is 0 Å². The van der Waals surface area contributed by atoms with Gasteiger partial charge in [-0.05, 0) is 39.1 Å². The third-order valence-corrected chi connectivity index (χ3v) is 6.85. The molecule has 27 heavy (non-hydrogen) atoms. The number of nitrogens with zero attached hydrogens (tertiary/aromatic N) is 2. The van der Waals surface area contributed by atoms with Gasteiger partial charge in [-0.2, -0.15) is 0 Å². The Labute approximate surface area is 167 Å². The van der Waals surface area contributed by atoms with Crippen molar-refractivity contribution in [3.05, 3.63) is 46.7 Å². The van der Waals surface area contributed by atoms with E-state index in [1.807, 2.05) is 14.1 Å². The van der Waals surface area contributed by atoms with Crippen LogP contribution in [0.25, 0.3) is 0 Å². The number of hydrogen-bond donors (Lipinski definition) is 2. The summed E-state index contributed by atoms with van der Waals surface area (Å²) in [4.78, 5) is 5.43. The van der Waals surface area contributed by atoms with E-state index in [1.165, 1.54) is 6.20 Å². The van der Waals surface area contributed by atoms with Crippen LogP contribution in [0, 0.1) is 5.82 Å². The van der Waals surface area contributed by atoms with Crippen LogP contribution >= 0.6 is 22.9 Å². The molecule has 0 saturated carbocycles. The predicted molar refractivity (Wildman–Crippen MR) is 108 cm³/mol. The van der Waals surface area contributed by atoms with E-state index in [2.05, 4.69) is 32.1 Å². The van der Waals surface area contributed by atoms with E-state index in [4.69, 9.17) is 11.6 Å². The van der Waals surface area contributed by atoms with E-state index in [1.54, 1.807) is 5.38 Å². The third kappa shape index (κ3) is 4.60. The lowest BCUT2D eigenvalue weighted by molar-refractivity contribution is 0.258. The fourth-order valence-electron chi connectivity index (χ4n) is 3.01. The molecule has 2 N–H and O–H groups in total. The maximum absolute atomic E-state index is 14.6. The molecule has 6 nitrogen and oxygen atoms in total. The molecule has 0 fully saturated rings. The Morgan fingerprint density at radius 2 is 2.04 bits per heavy atom. The Hall–Kier alpha value is -1.68. The molecule has 0 radical (unpaired) electrons. The highest BCUT2D eigenvalue weighted by Gasteiger charge is 2.27. The Balaban J connectivity index is 1.85. The SMILES string of the molecule is CN(C)[C@H]1CC=CCC1Nc1cc(F)c(S(=O)(=O)Nc2nccs2)cc1Cl. The minimum absolute atomic E-state index is 0.0396. The average Bonchev–Trinajstić information content (AvgIpc) is 3.10. The minimum Gasteiger partial charge on any atom is -0.379 e. The lowest BCUT2D eigenvalue weighted by Crippen LogP contribution is -2.44. The molecule has 1 unspecified atom stereocenters. The van der Waals surface area contributed by atoms with Gasteiger partial charge in [-0.3, -0.25) is 4.72 Å². The van der Waals surface area contributed by atoms with Crippen LogP contribution in [-0.2, 0) is 10.0 Å². The van der Waals surface area contributed by atoms with E-state index in [0.29, 0.717) is 5.69 Å². The number of likely N-dealkylation sites (N-methyl/N-ethyl adjacent to an activating group) is 1. The van der Waals surface area contributed by atoms with Crippen LogP contribution < -0.4 is 10.0 Å². The summed E-state index contributed by atoms with van der Waals surface area (Å²) in [6, 6.07) is 2.52. The van der Waals surface area contributed by atoms with Crippen molar-refractivity contribution in [2.75, 3.05) is 24.1 Å². The molecule has 10 heteroatoms. The van der Waals surface area contributed by atoms with Gasteiger partial charge in [0.25, 0.3) is 10.0 Å². The van der Waals surface area contributed by atoms with Crippen molar-refractivity contribution in [2.45, 2.75) is 29.8 Å². The molecule has 1 aliphatic rings. The molecule has 146 valence electrons. The van der Waals surface area contributed by atoms with E-state index in [-0.39, 0.29) is 22.2 Å². The minimum atomic E-state index is -4.12. The van der Waals surface area contributed by atoms with Crippen molar-refractivity contribution < 1.29 is 12.8 Å². The summed E-state index contributed by atoms with van der Waals surface area (Å²) >= 11 is 7.37. The van der Waals surface area contributed by atoms with Gasteiger partial charge in [0.2, 0.25) is 0 Å². The Kier molecular flexibility index (Phi) is 6.05. The monoisotopic (exact) mass is 430 g/mol. The molecule has 0 saturated heterocycles. The number of aromatic nitrogens is 1. The van der Waals surface area contributed by atoms with Gasteiger partial charge in [-0.25, -0.2) is 17.8 Å². The normalized spacial score (nSPS) is 20.0. The van der Waals surface area contributed by atoms with Gasteiger partial charge < -0.3 is 10.2 Å². The zero-order valence-corrected chi connectivity index (χ0v) is 17.2. The first-order valence-corrected chi connectivity index (χ1v) is 11.0. The molecule has 3 rings (SSSR count). The molecule has 0 amide bonds. The topological polar surface area (TPSA) is 74.3 Å². The second-order valence-corrected chi connectivity index (χ2v) is 9.38. The van der Waals surface area contributed by atoms with Gasteiger partial charge in [0.15, 0.2) is 5.13 Å². The first-order chi connectivity index (χ1) is 12.8. The first kappa shape index (κ1) is 20.1. The fraction of sp³-hybridized carbons (Fsp3) is 0.353. The largest absolute Gasteiger partial charge is 0.379 e. The van der Waals surface area contributed by atoms with Crippen molar-refractivity contribution in [3.8, 4) is 0 Å². The Bertz CT molecular complexity index is 933. The number of benzene rings is 1. The Morgan fingerprint density at radius 1 is 1.30 bits per heavy atom. The average molecular weight is 431 g/mol. The summed E-state index contributed by atoms with van der Waals surface area (Å²) in [6.45, 7) is 0. The van der Waals surface area contributed by atoms with Gasteiger partial charge in [0.05, 0.1) is 10.7 Å². The van der Waals surface area contributed by atoms with Crippen molar-refractivity contribution in [1.29, 1.82) is 0 Å². The van der Waals surface area contributed by atoms with Gasteiger partial charge in [0.1, 0.15) is 10.7 Å². The quantitative estimate of drug-likeness (QED) is 0.682. The number of sulfonamides is 1. The van der Waals surface area contributed by atoms with Crippen LogP contribution in [0.15, 0.2) is 40.8 Å². The summed E-state index contributed by atoms with van der Waals surface area (Å²) in [5, 5.41) is 5.18. The van der Waals surface area contributed by atoms with Crippen LogP contribution in [0.5, 0.6) is 0 Å². The smallest absolute Gasteiger partial charge is 0.266 e. The molecule has 1 aliphatic carbocycles. The number of nitrogens with one attached hydrogen (secondary N) is 2. The number of halogens is 2. The fourth-order valence-corrected chi connectivity index (χ4v) is 5.17. The molecule has 0 bridgehead atoms.